The standard InChI is InChI=1S/C41H54Cl4N4O4/c1-3-5-7-9-11-13-22-46-34-26-30(42)32(44)28-36(34)48(24-16-20-40(50)51)38(46)18-15-19-39-47(23-14-12-10-8-6-4-2)35-27-31(43)33(45)29-37(35)49(39)25-17-21-41(52)53/h15,18-19,26-29H,3-14,16-17,20-25H2,1-2H3,(H-,50,51,52,53)/p+1. The van der Waals surface area contributed by atoms with Gasteiger partial charge in [-0.3, -0.25) is 9.59 Å². The molecule has 0 fully saturated rings. The zero-order valence-corrected chi connectivity index (χ0v) is 34.2. The lowest BCUT2D eigenvalue weighted by atomic mass is 10.1. The number of anilines is 2. The van der Waals surface area contributed by atoms with Gasteiger partial charge < -0.3 is 20.0 Å². The third-order valence-corrected chi connectivity index (χ3v) is 11.3. The van der Waals surface area contributed by atoms with Gasteiger partial charge in [0.15, 0.2) is 11.0 Å². The number of rotatable bonds is 24. The molecule has 0 unspecified atom stereocenters. The summed E-state index contributed by atoms with van der Waals surface area (Å²) in [6.07, 6.45) is 21.0. The minimum atomic E-state index is -0.834. The summed E-state index contributed by atoms with van der Waals surface area (Å²) < 4.78 is 4.42. The number of allylic oxidation sites excluding steroid dienone is 2. The topological polar surface area (TPSA) is 89.9 Å². The van der Waals surface area contributed by atoms with Crippen LogP contribution >= 0.6 is 46.4 Å². The molecule has 0 radical (unpaired) electrons. The Morgan fingerprint density at radius 3 is 1.72 bits per heavy atom. The number of halogens is 4. The minimum Gasteiger partial charge on any atom is -0.481 e. The highest BCUT2D eigenvalue weighted by Crippen LogP contribution is 2.46. The molecule has 0 atom stereocenters. The maximum Gasteiger partial charge on any atom is 0.303 e. The van der Waals surface area contributed by atoms with Crippen molar-refractivity contribution in [3.05, 3.63) is 68.2 Å². The van der Waals surface area contributed by atoms with E-state index in [1.807, 2.05) is 30.3 Å². The van der Waals surface area contributed by atoms with Crippen molar-refractivity contribution in [3.63, 3.8) is 0 Å². The van der Waals surface area contributed by atoms with Crippen LogP contribution in [-0.4, -0.2) is 39.8 Å². The minimum absolute atomic E-state index is 0.0493. The van der Waals surface area contributed by atoms with Gasteiger partial charge in [-0.25, -0.2) is 9.13 Å². The fourth-order valence-electron chi connectivity index (χ4n) is 7.10. The third-order valence-electron chi connectivity index (χ3n) is 9.81. The lowest BCUT2D eigenvalue weighted by Gasteiger charge is -2.25. The molecule has 1 aliphatic heterocycles. The van der Waals surface area contributed by atoms with Gasteiger partial charge in [0.1, 0.15) is 5.82 Å². The van der Waals surface area contributed by atoms with E-state index in [-0.39, 0.29) is 12.8 Å². The molecule has 2 N–H and O–H groups in total. The maximum absolute atomic E-state index is 11.5. The predicted octanol–water partition coefficient (Wildman–Crippen LogP) is 12.2. The van der Waals surface area contributed by atoms with Gasteiger partial charge in [-0.2, -0.15) is 0 Å². The molecule has 0 spiro atoms. The number of carbonyl (C=O) groups is 2. The first-order valence-corrected chi connectivity index (χ1v) is 20.9. The quantitative estimate of drug-likeness (QED) is 0.0692. The van der Waals surface area contributed by atoms with Gasteiger partial charge >= 0.3 is 11.9 Å². The fourth-order valence-corrected chi connectivity index (χ4v) is 7.73. The Hall–Kier alpha value is -2.91. The molecule has 2 heterocycles. The summed E-state index contributed by atoms with van der Waals surface area (Å²) in [5, 5.41) is 20.8. The number of carboxylic acids is 2. The molecule has 0 aliphatic carbocycles. The van der Waals surface area contributed by atoms with Crippen molar-refractivity contribution in [1.29, 1.82) is 0 Å². The lowest BCUT2D eigenvalue weighted by Crippen LogP contribution is -2.37. The van der Waals surface area contributed by atoms with Gasteiger partial charge in [-0.15, -0.1) is 0 Å². The second-order valence-corrected chi connectivity index (χ2v) is 15.5. The molecule has 290 valence electrons. The van der Waals surface area contributed by atoms with Crippen LogP contribution in [0.1, 0.15) is 122 Å². The van der Waals surface area contributed by atoms with Crippen LogP contribution in [0.2, 0.25) is 20.1 Å². The first-order chi connectivity index (χ1) is 25.6. The molecule has 0 amide bonds. The Kier molecular flexibility index (Phi) is 17.7. The second kappa shape index (κ2) is 21.8. The van der Waals surface area contributed by atoms with E-state index < -0.39 is 11.9 Å². The van der Waals surface area contributed by atoms with Crippen LogP contribution in [0.25, 0.3) is 17.1 Å². The summed E-state index contributed by atoms with van der Waals surface area (Å²) >= 11 is 26.3. The Bertz CT molecular complexity index is 1760. The van der Waals surface area contributed by atoms with Gasteiger partial charge in [0, 0.05) is 44.1 Å². The van der Waals surface area contributed by atoms with E-state index >= 15 is 0 Å². The van der Waals surface area contributed by atoms with Gasteiger partial charge in [0.05, 0.1) is 44.6 Å². The average molecular weight is 810 g/mol. The van der Waals surface area contributed by atoms with E-state index in [9.17, 15) is 19.8 Å². The first kappa shape index (κ1) is 42.8. The molecule has 0 saturated carbocycles. The molecule has 0 saturated heterocycles. The van der Waals surface area contributed by atoms with Gasteiger partial charge in [0.25, 0.3) is 5.82 Å². The number of nitrogens with zero attached hydrogens (tertiary/aromatic N) is 4. The SMILES string of the molecule is CCCCCCCCN1C(=CC=Cc2n(CCCCCCCC)c3cc(Cl)c(Cl)cc3[n+]2CCCC(=O)O)N(CCCC(=O)O)c2cc(Cl)c(Cl)cc21. The van der Waals surface area contributed by atoms with Crippen LogP contribution in [-0.2, 0) is 22.7 Å². The summed E-state index contributed by atoms with van der Waals surface area (Å²) in [5.41, 5.74) is 3.71. The van der Waals surface area contributed by atoms with Crippen molar-refractivity contribution in [2.45, 2.75) is 130 Å². The maximum atomic E-state index is 11.5. The highest BCUT2D eigenvalue weighted by atomic mass is 35.5. The van der Waals surface area contributed by atoms with Gasteiger partial charge in [-0.05, 0) is 50.3 Å². The largest absolute Gasteiger partial charge is 0.481 e. The van der Waals surface area contributed by atoms with E-state index in [1.165, 1.54) is 51.4 Å². The van der Waals surface area contributed by atoms with Crippen LogP contribution in [0, 0.1) is 0 Å². The summed E-state index contributed by atoms with van der Waals surface area (Å²) in [6, 6.07) is 7.57. The molecule has 3 aromatic rings. The number of hydrogen-bond donors (Lipinski definition) is 2. The van der Waals surface area contributed by atoms with Crippen LogP contribution in [0.15, 0.2) is 42.2 Å². The van der Waals surface area contributed by atoms with E-state index in [4.69, 9.17) is 46.4 Å². The zero-order valence-electron chi connectivity index (χ0n) is 31.2. The number of aromatic nitrogens is 2. The number of carboxylic acid groups (broad SMARTS) is 2. The molecular weight excluding hydrogens is 754 g/mol. The summed E-state index contributed by atoms with van der Waals surface area (Å²) in [4.78, 5) is 27.5. The number of aryl methyl sites for hydroxylation is 2. The number of aliphatic carboxylic acids is 2. The summed E-state index contributed by atoms with van der Waals surface area (Å²) in [7, 11) is 0. The molecular formula is C41H55Cl4N4O4+. The smallest absolute Gasteiger partial charge is 0.303 e. The molecule has 1 aliphatic rings. The number of unbranched alkanes of at least 4 members (excludes halogenated alkanes) is 10. The van der Waals surface area contributed by atoms with E-state index in [0.29, 0.717) is 46.0 Å². The monoisotopic (exact) mass is 807 g/mol. The highest BCUT2D eigenvalue weighted by Gasteiger charge is 2.32. The first-order valence-electron chi connectivity index (χ1n) is 19.3. The number of hydrogen-bond acceptors (Lipinski definition) is 4. The van der Waals surface area contributed by atoms with E-state index in [2.05, 4.69) is 44.9 Å². The molecule has 8 nitrogen and oxygen atoms in total. The number of imidazole rings is 1. The zero-order chi connectivity index (χ0) is 38.3. The lowest BCUT2D eigenvalue weighted by molar-refractivity contribution is -0.674. The van der Waals surface area contributed by atoms with Crippen molar-refractivity contribution in [1.82, 2.24) is 4.57 Å². The van der Waals surface area contributed by atoms with E-state index in [1.54, 1.807) is 0 Å². The summed E-state index contributed by atoms with van der Waals surface area (Å²) in [5.74, 6) is 0.184. The van der Waals surface area contributed by atoms with Crippen molar-refractivity contribution in [3.8, 4) is 0 Å². The third kappa shape index (κ3) is 12.0. The van der Waals surface area contributed by atoms with Crippen LogP contribution in [0.3, 0.4) is 0 Å². The van der Waals surface area contributed by atoms with Crippen LogP contribution in [0.4, 0.5) is 11.4 Å². The Balaban J connectivity index is 1.78. The normalized spacial score (nSPS) is 13.7. The second-order valence-electron chi connectivity index (χ2n) is 13.9. The van der Waals surface area contributed by atoms with Crippen molar-refractivity contribution < 1.29 is 24.4 Å². The molecule has 0 bridgehead atoms. The Morgan fingerprint density at radius 2 is 1.13 bits per heavy atom. The molecule has 4 rings (SSSR count). The van der Waals surface area contributed by atoms with Crippen LogP contribution < -0.4 is 14.4 Å². The Labute approximate surface area is 334 Å². The highest BCUT2D eigenvalue weighted by molar-refractivity contribution is 6.43. The number of fused-ring (bicyclic) bond motifs is 2. The van der Waals surface area contributed by atoms with Gasteiger partial charge in [-0.1, -0.05) is 124 Å². The number of benzene rings is 2. The van der Waals surface area contributed by atoms with Gasteiger partial charge in [0.2, 0.25) is 0 Å². The summed E-state index contributed by atoms with van der Waals surface area (Å²) in [6.45, 7) is 6.97. The molecule has 12 heteroatoms. The Morgan fingerprint density at radius 1 is 0.642 bits per heavy atom. The molecule has 2 aromatic carbocycles. The van der Waals surface area contributed by atoms with Crippen LogP contribution in [0.5, 0.6) is 0 Å². The molecule has 53 heavy (non-hydrogen) atoms. The van der Waals surface area contributed by atoms with Crippen molar-refractivity contribution in [2.24, 2.45) is 0 Å². The average Bonchev–Trinajstić information content (AvgIpc) is 3.54. The predicted molar refractivity (Wildman–Crippen MR) is 221 cm³/mol. The van der Waals surface area contributed by atoms with Crippen molar-refractivity contribution in [2.75, 3.05) is 22.9 Å². The van der Waals surface area contributed by atoms with Crippen molar-refractivity contribution >= 4 is 86.8 Å². The van der Waals surface area contributed by atoms with E-state index in [0.717, 1.165) is 72.8 Å². The fraction of sp³-hybridized carbons (Fsp3) is 0.537. The molecule has 1 aromatic heterocycles.